The molecular formula is C22H16O6. The van der Waals surface area contributed by atoms with Gasteiger partial charge in [0.15, 0.2) is 5.78 Å². The van der Waals surface area contributed by atoms with Crippen molar-refractivity contribution in [3.8, 4) is 17.2 Å². The van der Waals surface area contributed by atoms with Gasteiger partial charge in [-0.2, -0.15) is 0 Å². The third kappa shape index (κ3) is 4.07. The summed E-state index contributed by atoms with van der Waals surface area (Å²) in [4.78, 5) is 36.7. The van der Waals surface area contributed by atoms with Gasteiger partial charge in [0.25, 0.3) is 0 Å². The standard InChI is InChI=1S/C22H16O6/c1-14(23)15-8-3-6-12-19(15)27-22(26)17-10-4-7-13-20(17)28-21(25)16-9-2-5-11-18(16)24/h2-13,24H,1H3. The first-order chi connectivity index (χ1) is 13.5. The van der Waals surface area contributed by atoms with Gasteiger partial charge in [0, 0.05) is 0 Å². The van der Waals surface area contributed by atoms with Crippen molar-refractivity contribution >= 4 is 17.7 Å². The number of para-hydroxylation sites is 3. The molecule has 0 aliphatic carbocycles. The molecular weight excluding hydrogens is 360 g/mol. The number of rotatable bonds is 5. The number of hydrogen-bond acceptors (Lipinski definition) is 6. The number of ether oxygens (including phenoxy) is 2. The van der Waals surface area contributed by atoms with Crippen LogP contribution in [0.2, 0.25) is 0 Å². The number of Topliss-reactive ketones (excluding diaryl/α,β-unsaturated/α-hetero) is 1. The van der Waals surface area contributed by atoms with Gasteiger partial charge >= 0.3 is 11.9 Å². The molecule has 6 heteroatoms. The molecule has 140 valence electrons. The van der Waals surface area contributed by atoms with Crippen LogP contribution in [0.1, 0.15) is 38.0 Å². The Kier molecular flexibility index (Phi) is 5.50. The number of carbonyl (C=O) groups excluding carboxylic acids is 3. The smallest absolute Gasteiger partial charge is 0.347 e. The minimum absolute atomic E-state index is 0.00428. The van der Waals surface area contributed by atoms with Crippen LogP contribution < -0.4 is 9.47 Å². The van der Waals surface area contributed by atoms with E-state index >= 15 is 0 Å². The lowest BCUT2D eigenvalue weighted by Gasteiger charge is -2.11. The minimum atomic E-state index is -0.817. The molecule has 0 saturated heterocycles. The predicted octanol–water partition coefficient (Wildman–Crippen LogP) is 4.03. The minimum Gasteiger partial charge on any atom is -0.507 e. The molecule has 28 heavy (non-hydrogen) atoms. The van der Waals surface area contributed by atoms with Crippen molar-refractivity contribution < 1.29 is 29.0 Å². The predicted molar refractivity (Wildman–Crippen MR) is 101 cm³/mol. The Hall–Kier alpha value is -3.93. The Balaban J connectivity index is 1.86. The molecule has 0 saturated carbocycles. The number of esters is 2. The van der Waals surface area contributed by atoms with E-state index in [1.165, 1.54) is 37.3 Å². The molecule has 1 N–H and O–H groups in total. The second kappa shape index (κ2) is 8.18. The number of carbonyl (C=O) groups is 3. The molecule has 6 nitrogen and oxygen atoms in total. The SMILES string of the molecule is CC(=O)c1ccccc1OC(=O)c1ccccc1OC(=O)c1ccccc1O. The zero-order valence-corrected chi connectivity index (χ0v) is 14.9. The Morgan fingerprint density at radius 3 is 1.64 bits per heavy atom. The van der Waals surface area contributed by atoms with E-state index in [1.807, 2.05) is 0 Å². The van der Waals surface area contributed by atoms with Gasteiger partial charge in [-0.3, -0.25) is 4.79 Å². The van der Waals surface area contributed by atoms with Gasteiger partial charge in [-0.05, 0) is 43.3 Å². The molecule has 0 aliphatic rings. The van der Waals surface area contributed by atoms with E-state index in [0.717, 1.165) is 0 Å². The summed E-state index contributed by atoms with van der Waals surface area (Å²) < 4.78 is 10.6. The van der Waals surface area contributed by atoms with Crippen molar-refractivity contribution in [2.45, 2.75) is 6.92 Å². The van der Waals surface area contributed by atoms with Gasteiger partial charge < -0.3 is 14.6 Å². The van der Waals surface area contributed by atoms with Crippen LogP contribution >= 0.6 is 0 Å². The molecule has 0 radical (unpaired) electrons. The van der Waals surface area contributed by atoms with E-state index in [1.54, 1.807) is 42.5 Å². The summed E-state index contributed by atoms with van der Waals surface area (Å²) in [5.74, 6) is -2.00. The van der Waals surface area contributed by atoms with Gasteiger partial charge in [-0.25, -0.2) is 9.59 Å². The highest BCUT2D eigenvalue weighted by molar-refractivity contribution is 6.00. The molecule has 3 rings (SSSR count). The van der Waals surface area contributed by atoms with Crippen molar-refractivity contribution in [3.05, 3.63) is 89.5 Å². The monoisotopic (exact) mass is 376 g/mol. The first-order valence-electron chi connectivity index (χ1n) is 8.38. The molecule has 3 aromatic carbocycles. The van der Waals surface area contributed by atoms with Crippen LogP contribution in [0, 0.1) is 0 Å². The molecule has 0 amide bonds. The summed E-state index contributed by atoms with van der Waals surface area (Å²) >= 11 is 0. The first kappa shape index (κ1) is 18.8. The van der Waals surface area contributed by atoms with Crippen LogP contribution in [0.5, 0.6) is 17.2 Å². The normalized spacial score (nSPS) is 10.2. The highest BCUT2D eigenvalue weighted by Gasteiger charge is 2.20. The second-order valence-corrected chi connectivity index (χ2v) is 5.84. The van der Waals surface area contributed by atoms with Crippen LogP contribution in [0.3, 0.4) is 0 Å². The van der Waals surface area contributed by atoms with E-state index in [9.17, 15) is 19.5 Å². The maximum Gasteiger partial charge on any atom is 0.347 e. The Morgan fingerprint density at radius 2 is 1.07 bits per heavy atom. The van der Waals surface area contributed by atoms with Gasteiger partial charge in [0.05, 0.1) is 5.56 Å². The zero-order chi connectivity index (χ0) is 20.1. The van der Waals surface area contributed by atoms with E-state index in [2.05, 4.69) is 0 Å². The zero-order valence-electron chi connectivity index (χ0n) is 14.9. The average Bonchev–Trinajstić information content (AvgIpc) is 2.69. The van der Waals surface area contributed by atoms with E-state index < -0.39 is 11.9 Å². The quantitative estimate of drug-likeness (QED) is 0.411. The number of benzene rings is 3. The largest absolute Gasteiger partial charge is 0.507 e. The number of hydrogen-bond donors (Lipinski definition) is 1. The molecule has 0 heterocycles. The second-order valence-electron chi connectivity index (χ2n) is 5.84. The number of aromatic hydroxyl groups is 1. The van der Waals surface area contributed by atoms with Gasteiger partial charge in [-0.1, -0.05) is 36.4 Å². The molecule has 0 fully saturated rings. The van der Waals surface area contributed by atoms with Crippen molar-refractivity contribution in [1.82, 2.24) is 0 Å². The van der Waals surface area contributed by atoms with Gasteiger partial charge in [0.1, 0.15) is 28.4 Å². The Morgan fingerprint density at radius 1 is 0.643 bits per heavy atom. The van der Waals surface area contributed by atoms with Crippen molar-refractivity contribution in [2.75, 3.05) is 0 Å². The van der Waals surface area contributed by atoms with Crippen LogP contribution in [-0.2, 0) is 0 Å². The van der Waals surface area contributed by atoms with Crippen LogP contribution in [0.25, 0.3) is 0 Å². The summed E-state index contributed by atoms with van der Waals surface area (Å²) in [5, 5.41) is 9.79. The van der Waals surface area contributed by atoms with Crippen molar-refractivity contribution in [2.24, 2.45) is 0 Å². The third-order valence-corrected chi connectivity index (χ3v) is 3.90. The molecule has 3 aromatic rings. The summed E-state index contributed by atoms with van der Waals surface area (Å²) in [6.07, 6.45) is 0. The average molecular weight is 376 g/mol. The molecule has 0 atom stereocenters. The fraction of sp³-hybridized carbons (Fsp3) is 0.0455. The maximum atomic E-state index is 12.6. The fourth-order valence-electron chi connectivity index (χ4n) is 2.53. The lowest BCUT2D eigenvalue weighted by atomic mass is 10.1. The van der Waals surface area contributed by atoms with Crippen LogP contribution in [0.15, 0.2) is 72.8 Å². The fourth-order valence-corrected chi connectivity index (χ4v) is 2.53. The highest BCUT2D eigenvalue weighted by Crippen LogP contribution is 2.25. The van der Waals surface area contributed by atoms with E-state index in [-0.39, 0.29) is 39.7 Å². The lowest BCUT2D eigenvalue weighted by Crippen LogP contribution is -2.15. The maximum absolute atomic E-state index is 12.6. The van der Waals surface area contributed by atoms with Gasteiger partial charge in [-0.15, -0.1) is 0 Å². The Bertz CT molecular complexity index is 1050. The Labute approximate surface area is 161 Å². The summed E-state index contributed by atoms with van der Waals surface area (Å²) in [6, 6.07) is 18.3. The van der Waals surface area contributed by atoms with E-state index in [0.29, 0.717) is 0 Å². The molecule has 0 aliphatic heterocycles. The van der Waals surface area contributed by atoms with Gasteiger partial charge in [0.2, 0.25) is 0 Å². The molecule has 0 spiro atoms. The van der Waals surface area contributed by atoms with Crippen LogP contribution in [-0.4, -0.2) is 22.8 Å². The highest BCUT2D eigenvalue weighted by atomic mass is 16.6. The number of ketones is 1. The summed E-state index contributed by atoms with van der Waals surface area (Å²) in [7, 11) is 0. The van der Waals surface area contributed by atoms with Crippen LogP contribution in [0.4, 0.5) is 0 Å². The summed E-state index contributed by atoms with van der Waals surface area (Å²) in [6.45, 7) is 1.37. The van der Waals surface area contributed by atoms with E-state index in [4.69, 9.17) is 9.47 Å². The third-order valence-electron chi connectivity index (χ3n) is 3.90. The lowest BCUT2D eigenvalue weighted by molar-refractivity contribution is 0.0705. The topological polar surface area (TPSA) is 89.9 Å². The number of phenols is 1. The molecule has 0 bridgehead atoms. The van der Waals surface area contributed by atoms with Crippen molar-refractivity contribution in [3.63, 3.8) is 0 Å². The van der Waals surface area contributed by atoms with Crippen molar-refractivity contribution in [1.29, 1.82) is 0 Å². The molecule has 0 unspecified atom stereocenters. The molecule has 0 aromatic heterocycles. The summed E-state index contributed by atoms with van der Waals surface area (Å²) in [5.41, 5.74) is 0.233. The number of phenolic OH excluding ortho intramolecular Hbond substituents is 1. The first-order valence-corrected chi connectivity index (χ1v) is 8.38.